The molecule has 0 amide bonds. The van der Waals surface area contributed by atoms with Gasteiger partial charge in [0.15, 0.2) is 0 Å². The van der Waals surface area contributed by atoms with Crippen molar-refractivity contribution in [1.29, 1.82) is 0 Å². The summed E-state index contributed by atoms with van der Waals surface area (Å²) in [5, 5.41) is 0. The zero-order valence-corrected chi connectivity index (χ0v) is 8.12. The van der Waals surface area contributed by atoms with Gasteiger partial charge in [-0.1, -0.05) is 13.8 Å². The molecule has 0 N–H and O–H groups in total. The van der Waals surface area contributed by atoms with Crippen molar-refractivity contribution in [2.45, 2.75) is 26.4 Å². The van der Waals surface area contributed by atoms with Gasteiger partial charge in [0, 0.05) is 19.6 Å². The topological polar surface area (TPSA) is 15.8 Å². The molecule has 2 rings (SSSR count). The molecule has 2 fully saturated rings. The Balaban J connectivity index is 1.79. The fourth-order valence-electron chi connectivity index (χ4n) is 2.40. The second-order valence-electron chi connectivity index (χ2n) is 4.62. The minimum Gasteiger partial charge on any atom is -0.372 e. The smallest absolute Gasteiger partial charge is 0.0936 e. The van der Waals surface area contributed by atoms with Crippen LogP contribution >= 0.6 is 0 Å². The van der Waals surface area contributed by atoms with Gasteiger partial charge in [0.1, 0.15) is 0 Å². The molecule has 0 spiro atoms. The first-order valence-electron chi connectivity index (χ1n) is 5.08. The van der Waals surface area contributed by atoms with Crippen molar-refractivity contribution >= 4 is 0 Å². The summed E-state index contributed by atoms with van der Waals surface area (Å²) in [7, 11) is 0. The number of hydrogen-bond acceptors (Lipinski definition) is 2. The molecule has 2 nitrogen and oxygen atoms in total. The lowest BCUT2D eigenvalue weighted by Crippen LogP contribution is -2.40. The Morgan fingerprint density at radius 2 is 1.83 bits per heavy atom. The van der Waals surface area contributed by atoms with Crippen LogP contribution in [0.5, 0.6) is 0 Å². The fraction of sp³-hybridized carbons (Fsp3) is 1.00. The molecule has 0 aromatic rings. The van der Waals surface area contributed by atoms with Crippen molar-refractivity contribution < 1.29 is 4.74 Å². The van der Waals surface area contributed by atoms with E-state index in [-0.39, 0.29) is 0 Å². The number of hydrogen-bond donors (Lipinski definition) is 0. The fourth-order valence-corrected chi connectivity index (χ4v) is 2.40. The molecule has 2 aliphatic heterocycles. The molecule has 70 valence electrons. The number of ether oxygens (including phenoxy) is 1. The van der Waals surface area contributed by atoms with E-state index < -0.39 is 0 Å². The first-order chi connectivity index (χ1) is 5.74. The van der Waals surface area contributed by atoms with E-state index in [1.165, 1.54) is 26.1 Å². The van der Waals surface area contributed by atoms with Gasteiger partial charge < -0.3 is 9.64 Å². The van der Waals surface area contributed by atoms with E-state index in [4.69, 9.17) is 4.74 Å². The first kappa shape index (κ1) is 8.52. The second kappa shape index (κ2) is 3.35. The summed E-state index contributed by atoms with van der Waals surface area (Å²) in [6.45, 7) is 9.45. The molecule has 3 atom stereocenters. The summed E-state index contributed by atoms with van der Waals surface area (Å²) in [4.78, 5) is 2.57. The maximum atomic E-state index is 5.24. The normalized spacial score (nSPS) is 43.0. The van der Waals surface area contributed by atoms with Gasteiger partial charge >= 0.3 is 0 Å². The average molecular weight is 169 g/mol. The minimum atomic E-state index is 0.572. The molecule has 0 aromatic carbocycles. The van der Waals surface area contributed by atoms with Gasteiger partial charge in [0.05, 0.1) is 12.7 Å². The van der Waals surface area contributed by atoms with Crippen molar-refractivity contribution in [1.82, 2.24) is 4.90 Å². The largest absolute Gasteiger partial charge is 0.372 e. The van der Waals surface area contributed by atoms with Gasteiger partial charge in [-0.2, -0.15) is 0 Å². The monoisotopic (exact) mass is 169 g/mol. The van der Waals surface area contributed by atoms with E-state index in [1.54, 1.807) is 0 Å². The molecule has 2 aliphatic rings. The maximum Gasteiger partial charge on any atom is 0.0936 e. The number of rotatable bonds is 2. The summed E-state index contributed by atoms with van der Waals surface area (Å²) in [5.41, 5.74) is 0. The van der Waals surface area contributed by atoms with Crippen molar-refractivity contribution in [3.8, 4) is 0 Å². The minimum absolute atomic E-state index is 0.572. The predicted molar refractivity (Wildman–Crippen MR) is 49.1 cm³/mol. The van der Waals surface area contributed by atoms with E-state index >= 15 is 0 Å². The van der Waals surface area contributed by atoms with Crippen LogP contribution in [0, 0.1) is 11.8 Å². The number of likely N-dealkylation sites (tertiary alicyclic amines) is 1. The third kappa shape index (κ3) is 2.20. The molecule has 12 heavy (non-hydrogen) atoms. The van der Waals surface area contributed by atoms with Gasteiger partial charge in [0.2, 0.25) is 0 Å². The van der Waals surface area contributed by atoms with Crippen LogP contribution in [0.2, 0.25) is 0 Å². The van der Waals surface area contributed by atoms with Gasteiger partial charge in [-0.25, -0.2) is 0 Å². The molecule has 2 heteroatoms. The molecule has 0 aliphatic carbocycles. The van der Waals surface area contributed by atoms with Crippen LogP contribution in [0.15, 0.2) is 0 Å². The standard InChI is InChI=1S/C10H19NO/c1-8-3-9(2)5-11(4-8)6-10-7-12-10/h8-10H,3-7H2,1-2H3/t8-,9-,10?/m0/s1. The molecule has 0 bridgehead atoms. The van der Waals surface area contributed by atoms with Crippen molar-refractivity contribution in [2.24, 2.45) is 11.8 Å². The number of epoxide rings is 1. The second-order valence-corrected chi connectivity index (χ2v) is 4.62. The lowest BCUT2D eigenvalue weighted by Gasteiger charge is -2.34. The molecule has 2 saturated heterocycles. The van der Waals surface area contributed by atoms with Crippen LogP contribution in [-0.2, 0) is 4.74 Å². The maximum absolute atomic E-state index is 5.24. The third-order valence-corrected chi connectivity index (χ3v) is 2.81. The third-order valence-electron chi connectivity index (χ3n) is 2.81. The SMILES string of the molecule is C[C@H]1C[C@H](C)CN(CC2CO2)C1. The Bertz CT molecular complexity index is 143. The van der Waals surface area contributed by atoms with E-state index in [9.17, 15) is 0 Å². The van der Waals surface area contributed by atoms with Crippen molar-refractivity contribution in [3.63, 3.8) is 0 Å². The molecular formula is C10H19NO. The van der Waals surface area contributed by atoms with E-state index in [0.29, 0.717) is 6.10 Å². The lowest BCUT2D eigenvalue weighted by molar-refractivity contribution is 0.131. The van der Waals surface area contributed by atoms with Crippen LogP contribution in [-0.4, -0.2) is 37.2 Å². The summed E-state index contributed by atoms with van der Waals surface area (Å²) in [6.07, 6.45) is 1.98. The Labute approximate surface area is 74.9 Å². The predicted octanol–water partition coefficient (Wildman–Crippen LogP) is 1.36. The van der Waals surface area contributed by atoms with Crippen molar-refractivity contribution in [2.75, 3.05) is 26.2 Å². The summed E-state index contributed by atoms with van der Waals surface area (Å²) in [5.74, 6) is 1.76. The molecule has 0 saturated carbocycles. The Morgan fingerprint density at radius 1 is 1.25 bits per heavy atom. The van der Waals surface area contributed by atoms with E-state index in [1.807, 2.05) is 0 Å². The molecule has 0 aromatic heterocycles. The Kier molecular flexibility index (Phi) is 2.37. The first-order valence-corrected chi connectivity index (χ1v) is 5.08. The molecule has 1 unspecified atom stereocenters. The summed E-state index contributed by atoms with van der Waals surface area (Å²) >= 11 is 0. The highest BCUT2D eigenvalue weighted by Gasteiger charge is 2.29. The lowest BCUT2D eigenvalue weighted by atomic mass is 9.92. The molecule has 0 radical (unpaired) electrons. The van der Waals surface area contributed by atoms with Gasteiger partial charge in [-0.05, 0) is 18.3 Å². The van der Waals surface area contributed by atoms with Crippen LogP contribution < -0.4 is 0 Å². The highest BCUT2D eigenvalue weighted by atomic mass is 16.6. The van der Waals surface area contributed by atoms with E-state index in [0.717, 1.165) is 18.4 Å². The van der Waals surface area contributed by atoms with E-state index in [2.05, 4.69) is 18.7 Å². The van der Waals surface area contributed by atoms with Crippen molar-refractivity contribution in [3.05, 3.63) is 0 Å². The van der Waals surface area contributed by atoms with Crippen LogP contribution in [0.1, 0.15) is 20.3 Å². The quantitative estimate of drug-likeness (QED) is 0.580. The van der Waals surface area contributed by atoms with Crippen LogP contribution in [0.3, 0.4) is 0 Å². The summed E-state index contributed by atoms with van der Waals surface area (Å²) in [6, 6.07) is 0. The Morgan fingerprint density at radius 3 is 2.33 bits per heavy atom. The van der Waals surface area contributed by atoms with Crippen LogP contribution in [0.4, 0.5) is 0 Å². The average Bonchev–Trinajstić information content (AvgIpc) is 2.68. The molecular weight excluding hydrogens is 150 g/mol. The van der Waals surface area contributed by atoms with Gasteiger partial charge in [-0.3, -0.25) is 0 Å². The number of piperidine rings is 1. The zero-order chi connectivity index (χ0) is 8.55. The number of nitrogens with zero attached hydrogens (tertiary/aromatic N) is 1. The van der Waals surface area contributed by atoms with Crippen LogP contribution in [0.25, 0.3) is 0 Å². The van der Waals surface area contributed by atoms with Gasteiger partial charge in [-0.15, -0.1) is 0 Å². The Hall–Kier alpha value is -0.0800. The molecule has 2 heterocycles. The zero-order valence-electron chi connectivity index (χ0n) is 8.12. The summed E-state index contributed by atoms with van der Waals surface area (Å²) < 4.78 is 5.24. The highest BCUT2D eigenvalue weighted by molar-refractivity contribution is 4.80. The van der Waals surface area contributed by atoms with Gasteiger partial charge in [0.25, 0.3) is 0 Å². The highest BCUT2D eigenvalue weighted by Crippen LogP contribution is 2.22.